The van der Waals surface area contributed by atoms with Crippen molar-refractivity contribution in [1.29, 1.82) is 0 Å². The number of benzene rings is 1. The minimum absolute atomic E-state index is 0.0232. The Hall–Kier alpha value is -1.77. The molecule has 182 valence electrons. The fourth-order valence-electron chi connectivity index (χ4n) is 3.95. The normalized spacial score (nSPS) is 20.6. The van der Waals surface area contributed by atoms with Crippen molar-refractivity contribution in [2.24, 2.45) is 0 Å². The topological polar surface area (TPSA) is 68.3 Å². The maximum absolute atomic E-state index is 13.2. The molecule has 2 aliphatic rings. The van der Waals surface area contributed by atoms with Crippen molar-refractivity contribution in [1.82, 2.24) is 9.80 Å². The van der Waals surface area contributed by atoms with Crippen LogP contribution in [0.1, 0.15) is 71.7 Å². The van der Waals surface area contributed by atoms with E-state index in [2.05, 4.69) is 0 Å². The van der Waals surface area contributed by atoms with Crippen LogP contribution in [0.3, 0.4) is 0 Å². The van der Waals surface area contributed by atoms with Crippen LogP contribution in [-0.4, -0.2) is 71.9 Å². The quantitative estimate of drug-likeness (QED) is 0.612. The molecular formula is C24H36BClN2O5. The number of hydrogen-bond acceptors (Lipinski definition) is 5. The summed E-state index contributed by atoms with van der Waals surface area (Å²) in [6.07, 6.45) is 1.06. The molecule has 0 bridgehead atoms. The summed E-state index contributed by atoms with van der Waals surface area (Å²) in [5.41, 5.74) is -0.207. The third-order valence-electron chi connectivity index (χ3n) is 6.73. The number of ether oxygens (including phenoxy) is 1. The van der Waals surface area contributed by atoms with E-state index >= 15 is 0 Å². The van der Waals surface area contributed by atoms with Crippen molar-refractivity contribution in [3.63, 3.8) is 0 Å². The number of nitrogens with zero attached hydrogens (tertiary/aromatic N) is 2. The molecule has 0 radical (unpaired) electrons. The van der Waals surface area contributed by atoms with E-state index in [1.807, 2.05) is 54.5 Å². The zero-order valence-electron chi connectivity index (χ0n) is 21.0. The van der Waals surface area contributed by atoms with Crippen LogP contribution >= 0.6 is 11.6 Å². The van der Waals surface area contributed by atoms with Gasteiger partial charge in [-0.1, -0.05) is 17.7 Å². The first-order valence-electron chi connectivity index (χ1n) is 11.5. The molecule has 2 fully saturated rings. The lowest BCUT2D eigenvalue weighted by molar-refractivity contribution is 0.00578. The SMILES string of the molecule is CN(C(=O)c1ccc(B2OC(C)(C)C(C)(C)O2)cc1Cl)C1CCN(C(=O)OC(C)(C)C)CC1. The molecule has 2 aliphatic heterocycles. The van der Waals surface area contributed by atoms with Gasteiger partial charge >= 0.3 is 13.2 Å². The highest BCUT2D eigenvalue weighted by molar-refractivity contribution is 6.62. The number of carbonyl (C=O) groups excluding carboxylic acids is 2. The fraction of sp³-hybridized carbons (Fsp3) is 0.667. The summed E-state index contributed by atoms with van der Waals surface area (Å²) in [7, 11) is 1.25. The summed E-state index contributed by atoms with van der Waals surface area (Å²) in [6.45, 7) is 14.6. The van der Waals surface area contributed by atoms with Crippen molar-refractivity contribution >= 4 is 36.2 Å². The Morgan fingerprint density at radius 2 is 1.67 bits per heavy atom. The number of amides is 2. The summed E-state index contributed by atoms with van der Waals surface area (Å²) in [5, 5.41) is 0.366. The van der Waals surface area contributed by atoms with Crippen LogP contribution in [0.25, 0.3) is 0 Å². The Morgan fingerprint density at radius 1 is 1.12 bits per heavy atom. The molecule has 2 heterocycles. The first-order valence-corrected chi connectivity index (χ1v) is 11.9. The molecule has 0 spiro atoms. The Kier molecular flexibility index (Phi) is 7.14. The molecule has 1 aromatic rings. The lowest BCUT2D eigenvalue weighted by atomic mass is 9.79. The van der Waals surface area contributed by atoms with Gasteiger partial charge in [-0.15, -0.1) is 0 Å². The third-order valence-corrected chi connectivity index (χ3v) is 7.05. The highest BCUT2D eigenvalue weighted by Gasteiger charge is 2.51. The highest BCUT2D eigenvalue weighted by atomic mass is 35.5. The number of hydrogen-bond donors (Lipinski definition) is 0. The van der Waals surface area contributed by atoms with Gasteiger partial charge in [0.15, 0.2) is 0 Å². The van der Waals surface area contributed by atoms with E-state index in [-0.39, 0.29) is 18.0 Å². The fourth-order valence-corrected chi connectivity index (χ4v) is 4.22. The van der Waals surface area contributed by atoms with E-state index in [1.54, 1.807) is 29.0 Å². The highest BCUT2D eigenvalue weighted by Crippen LogP contribution is 2.36. The Balaban J connectivity index is 1.63. The monoisotopic (exact) mass is 478 g/mol. The summed E-state index contributed by atoms with van der Waals surface area (Å²) < 4.78 is 17.6. The van der Waals surface area contributed by atoms with E-state index in [0.717, 1.165) is 5.46 Å². The van der Waals surface area contributed by atoms with Crippen LogP contribution in [0, 0.1) is 0 Å². The maximum atomic E-state index is 13.2. The van der Waals surface area contributed by atoms with Gasteiger partial charge in [0.2, 0.25) is 0 Å². The first kappa shape index (κ1) is 25.9. The third kappa shape index (κ3) is 5.66. The molecule has 0 unspecified atom stereocenters. The summed E-state index contributed by atoms with van der Waals surface area (Å²) in [4.78, 5) is 28.9. The van der Waals surface area contributed by atoms with Gasteiger partial charge in [-0.25, -0.2) is 4.79 Å². The van der Waals surface area contributed by atoms with Gasteiger partial charge in [-0.2, -0.15) is 0 Å². The molecule has 9 heteroatoms. The Morgan fingerprint density at radius 3 is 2.15 bits per heavy atom. The van der Waals surface area contributed by atoms with Crippen LogP contribution in [-0.2, 0) is 14.0 Å². The van der Waals surface area contributed by atoms with E-state index < -0.39 is 23.9 Å². The van der Waals surface area contributed by atoms with Crippen molar-refractivity contribution in [2.45, 2.75) is 84.2 Å². The molecular weight excluding hydrogens is 443 g/mol. The van der Waals surface area contributed by atoms with Crippen molar-refractivity contribution < 1.29 is 23.6 Å². The van der Waals surface area contributed by atoms with Gasteiger partial charge in [0.25, 0.3) is 5.91 Å². The predicted octanol–water partition coefficient (Wildman–Crippen LogP) is 4.11. The lowest BCUT2D eigenvalue weighted by Crippen LogP contribution is -2.48. The van der Waals surface area contributed by atoms with E-state index in [0.29, 0.717) is 36.5 Å². The van der Waals surface area contributed by atoms with Gasteiger partial charge in [-0.3, -0.25) is 4.79 Å². The van der Waals surface area contributed by atoms with Crippen LogP contribution in [0.15, 0.2) is 18.2 Å². The second kappa shape index (κ2) is 9.12. The number of likely N-dealkylation sites (tertiary alicyclic amines) is 1. The van der Waals surface area contributed by atoms with E-state index in [1.165, 1.54) is 0 Å². The molecule has 7 nitrogen and oxygen atoms in total. The van der Waals surface area contributed by atoms with E-state index in [4.69, 9.17) is 25.6 Å². The summed E-state index contributed by atoms with van der Waals surface area (Å²) in [6, 6.07) is 5.34. The standard InChI is InChI=1S/C24H36BClN2O5/c1-22(2,3)31-21(30)28-13-11-17(12-14-28)27(8)20(29)18-10-9-16(15-19(18)26)25-32-23(4,5)24(6,7)33-25/h9-10,15,17H,11-14H2,1-8H3. The minimum atomic E-state index is -0.536. The molecule has 0 saturated carbocycles. The summed E-state index contributed by atoms with van der Waals surface area (Å²) in [5.74, 6) is -0.142. The summed E-state index contributed by atoms with van der Waals surface area (Å²) >= 11 is 6.53. The molecule has 33 heavy (non-hydrogen) atoms. The number of rotatable bonds is 3. The van der Waals surface area contributed by atoms with Crippen molar-refractivity contribution in [2.75, 3.05) is 20.1 Å². The van der Waals surface area contributed by atoms with Crippen molar-refractivity contribution in [3.05, 3.63) is 28.8 Å². The second-order valence-electron chi connectivity index (χ2n) is 10.9. The van der Waals surface area contributed by atoms with Crippen molar-refractivity contribution in [3.8, 4) is 0 Å². The molecule has 0 aliphatic carbocycles. The van der Waals surface area contributed by atoms with Crippen LogP contribution in [0.4, 0.5) is 4.79 Å². The van der Waals surface area contributed by atoms with Crippen LogP contribution in [0.2, 0.25) is 5.02 Å². The van der Waals surface area contributed by atoms with Gasteiger partial charge in [0, 0.05) is 26.2 Å². The zero-order valence-corrected chi connectivity index (χ0v) is 21.8. The van der Waals surface area contributed by atoms with Gasteiger partial charge in [0.1, 0.15) is 5.60 Å². The Bertz CT molecular complexity index is 891. The maximum Gasteiger partial charge on any atom is 0.494 e. The first-order chi connectivity index (χ1) is 15.1. The van der Waals surface area contributed by atoms with Gasteiger partial charge in [0.05, 0.1) is 21.8 Å². The molecule has 0 N–H and O–H groups in total. The van der Waals surface area contributed by atoms with Gasteiger partial charge in [-0.05, 0) is 78.9 Å². The number of carbonyl (C=O) groups is 2. The minimum Gasteiger partial charge on any atom is -0.444 e. The molecule has 3 rings (SSSR count). The molecule has 2 amide bonds. The predicted molar refractivity (Wildman–Crippen MR) is 130 cm³/mol. The average Bonchev–Trinajstić information content (AvgIpc) is 2.93. The van der Waals surface area contributed by atoms with Crippen LogP contribution in [0.5, 0.6) is 0 Å². The zero-order chi connectivity index (χ0) is 24.8. The molecule has 0 atom stereocenters. The lowest BCUT2D eigenvalue weighted by Gasteiger charge is -2.37. The molecule has 0 aromatic heterocycles. The number of piperidine rings is 1. The average molecular weight is 479 g/mol. The largest absolute Gasteiger partial charge is 0.494 e. The second-order valence-corrected chi connectivity index (χ2v) is 11.3. The van der Waals surface area contributed by atoms with Gasteiger partial charge < -0.3 is 23.8 Å². The van der Waals surface area contributed by atoms with Crippen LogP contribution < -0.4 is 5.46 Å². The molecule has 2 saturated heterocycles. The Labute approximate surface area is 202 Å². The van der Waals surface area contributed by atoms with E-state index in [9.17, 15) is 9.59 Å². The molecule has 1 aromatic carbocycles. The number of halogens is 1. The smallest absolute Gasteiger partial charge is 0.444 e.